The van der Waals surface area contributed by atoms with Crippen molar-refractivity contribution in [3.8, 4) is 0 Å². The monoisotopic (exact) mass is 639 g/mol. The number of nitrogens with one attached hydrogen (secondary N) is 1. The van der Waals surface area contributed by atoms with E-state index in [0.717, 1.165) is 16.8 Å². The highest BCUT2D eigenvalue weighted by Gasteiger charge is 2.38. The van der Waals surface area contributed by atoms with Crippen LogP contribution in [-0.2, 0) is 12.8 Å². The highest BCUT2D eigenvalue weighted by atomic mass is 19.1. The zero-order chi connectivity index (χ0) is 32.6. The molecule has 2 aromatic heterocycles. The van der Waals surface area contributed by atoms with Crippen LogP contribution in [-0.4, -0.2) is 87.8 Å². The number of fused-ring (bicyclic) bond motifs is 2. The Labute approximate surface area is 268 Å². The molecule has 2 saturated heterocycles. The fraction of sp³-hybridized carbons (Fsp3) is 0.571. The van der Waals surface area contributed by atoms with Crippen molar-refractivity contribution in [2.45, 2.75) is 88.9 Å². The molecule has 0 spiro atoms. The predicted octanol–water partition coefficient (Wildman–Crippen LogP) is 4.85. The molecule has 6 rings (SSSR count). The Morgan fingerprint density at radius 3 is 2.61 bits per heavy atom. The molecule has 3 aliphatic rings. The minimum absolute atomic E-state index is 0.0857. The number of amides is 1. The smallest absolute Gasteiger partial charge is 0.251 e. The molecule has 248 valence electrons. The number of aromatic nitrogens is 2. The van der Waals surface area contributed by atoms with Crippen molar-refractivity contribution >= 4 is 22.6 Å². The largest absolute Gasteiger partial charge is 0.393 e. The number of hydrogen-bond acceptors (Lipinski definition) is 7. The average molecular weight is 640 g/mol. The lowest BCUT2D eigenvalue weighted by molar-refractivity contribution is 0.0577. The molecule has 4 heterocycles. The van der Waals surface area contributed by atoms with Gasteiger partial charge >= 0.3 is 0 Å². The van der Waals surface area contributed by atoms with Crippen LogP contribution in [0.5, 0.6) is 0 Å². The third-order valence-electron chi connectivity index (χ3n) is 10.2. The van der Waals surface area contributed by atoms with Crippen LogP contribution in [0.3, 0.4) is 0 Å². The molecule has 1 aromatic carbocycles. The van der Waals surface area contributed by atoms with Crippen molar-refractivity contribution in [3.05, 3.63) is 64.7 Å². The van der Waals surface area contributed by atoms with Gasteiger partial charge in [-0.15, -0.1) is 0 Å². The van der Waals surface area contributed by atoms with Crippen molar-refractivity contribution in [1.29, 1.82) is 0 Å². The number of anilines is 1. The molecule has 3 aromatic rings. The Kier molecular flexibility index (Phi) is 9.55. The molecule has 0 unspecified atom stereocenters. The number of rotatable bonds is 8. The zero-order valence-electron chi connectivity index (χ0n) is 26.6. The van der Waals surface area contributed by atoms with Crippen molar-refractivity contribution in [1.82, 2.24) is 20.2 Å². The third kappa shape index (κ3) is 6.87. The molecule has 0 bridgehead atoms. The van der Waals surface area contributed by atoms with Gasteiger partial charge in [-0.05, 0) is 79.8 Å². The van der Waals surface area contributed by atoms with Crippen LogP contribution in [0.15, 0.2) is 36.5 Å². The summed E-state index contributed by atoms with van der Waals surface area (Å²) in [5.41, 5.74) is 1.47. The molecule has 1 amide bonds. The molecule has 3 N–H and O–H groups in total. The lowest BCUT2D eigenvalue weighted by Crippen LogP contribution is -2.45. The van der Waals surface area contributed by atoms with Crippen LogP contribution in [0.2, 0.25) is 0 Å². The minimum atomic E-state index is -1.33. The predicted molar refractivity (Wildman–Crippen MR) is 171 cm³/mol. The summed E-state index contributed by atoms with van der Waals surface area (Å²) < 4.78 is 44.8. The van der Waals surface area contributed by atoms with Crippen molar-refractivity contribution < 1.29 is 28.2 Å². The Morgan fingerprint density at radius 1 is 1.13 bits per heavy atom. The van der Waals surface area contributed by atoms with Crippen LogP contribution < -0.4 is 10.2 Å². The van der Waals surface area contributed by atoms with E-state index in [4.69, 9.17) is 0 Å². The average Bonchev–Trinajstić information content (AvgIpc) is 3.04. The lowest BCUT2D eigenvalue weighted by atomic mass is 9.77. The van der Waals surface area contributed by atoms with E-state index in [1.165, 1.54) is 6.07 Å². The van der Waals surface area contributed by atoms with Gasteiger partial charge in [-0.25, -0.2) is 23.1 Å². The Hall–Kier alpha value is -3.28. The SMILES string of the molecule is CC(C)[C@]1(F)CCc2nc3c(F)cc(C(=O)NCC[C@H](c4ccc(N5CC[C@@H](O)[C@H](F)C5)nc4)N4CCC(O)CC4)cc3cc2C1. The Morgan fingerprint density at radius 2 is 1.91 bits per heavy atom. The van der Waals surface area contributed by atoms with E-state index in [1.807, 2.05) is 30.9 Å². The van der Waals surface area contributed by atoms with E-state index in [-0.39, 0.29) is 42.1 Å². The second-order valence-electron chi connectivity index (χ2n) is 13.6. The van der Waals surface area contributed by atoms with Crippen molar-refractivity contribution in [2.24, 2.45) is 5.92 Å². The van der Waals surface area contributed by atoms with Crippen LogP contribution >= 0.6 is 0 Å². The van der Waals surface area contributed by atoms with Crippen molar-refractivity contribution in [3.63, 3.8) is 0 Å². The van der Waals surface area contributed by atoms with Crippen LogP contribution in [0.25, 0.3) is 10.9 Å². The number of benzene rings is 1. The number of aliphatic hydroxyl groups is 2. The van der Waals surface area contributed by atoms with Crippen LogP contribution in [0.4, 0.5) is 19.0 Å². The van der Waals surface area contributed by atoms with Gasteiger partial charge in [-0.2, -0.15) is 0 Å². The summed E-state index contributed by atoms with van der Waals surface area (Å²) >= 11 is 0. The van der Waals surface area contributed by atoms with E-state index in [1.54, 1.807) is 18.3 Å². The van der Waals surface area contributed by atoms with Crippen molar-refractivity contribution in [2.75, 3.05) is 37.6 Å². The zero-order valence-corrected chi connectivity index (χ0v) is 26.6. The second-order valence-corrected chi connectivity index (χ2v) is 13.6. The van der Waals surface area contributed by atoms with Gasteiger partial charge in [0.05, 0.1) is 18.8 Å². The second kappa shape index (κ2) is 13.4. The quantitative estimate of drug-likeness (QED) is 0.324. The topological polar surface area (TPSA) is 102 Å². The first-order chi connectivity index (χ1) is 22.0. The molecule has 1 aliphatic carbocycles. The van der Waals surface area contributed by atoms with Gasteiger partial charge in [0.15, 0.2) is 0 Å². The number of alkyl halides is 2. The number of aryl methyl sites for hydroxylation is 1. The first kappa shape index (κ1) is 32.7. The standard InChI is InChI=1S/C35H44F3N5O3/c1-21(2)35(38)10-5-29-25(18-35)16-23-15-24(17-27(36)33(23)41-29)34(46)39-11-6-30(42-12-7-26(44)8-13-42)22-3-4-32(40-19-22)43-14-9-31(45)28(37)20-43/h3-4,15-17,19,21,26,28,30-31,44-45H,5-14,18,20H2,1-2H3,(H,39,46)/t28-,30-,31-,35+/m1/s1. The van der Waals surface area contributed by atoms with Crippen LogP contribution in [0, 0.1) is 11.7 Å². The Balaban J connectivity index is 1.15. The molecule has 2 fully saturated rings. The highest BCUT2D eigenvalue weighted by Crippen LogP contribution is 2.38. The third-order valence-corrected chi connectivity index (χ3v) is 10.2. The maximum absolute atomic E-state index is 15.5. The van der Waals surface area contributed by atoms with E-state index in [2.05, 4.69) is 20.2 Å². The first-order valence-corrected chi connectivity index (χ1v) is 16.5. The van der Waals surface area contributed by atoms with Gasteiger partial charge in [0, 0.05) is 61.5 Å². The molecular weight excluding hydrogens is 595 g/mol. The maximum Gasteiger partial charge on any atom is 0.251 e. The molecule has 0 saturated carbocycles. The number of pyridine rings is 2. The first-order valence-electron chi connectivity index (χ1n) is 16.5. The molecular formula is C35H44F3N5O3. The number of piperidine rings is 2. The van der Waals surface area contributed by atoms with E-state index < -0.39 is 29.7 Å². The Bertz CT molecular complexity index is 1550. The molecule has 11 heteroatoms. The van der Waals surface area contributed by atoms with Gasteiger partial charge in [-0.3, -0.25) is 9.69 Å². The summed E-state index contributed by atoms with van der Waals surface area (Å²) in [7, 11) is 0. The molecule has 8 nitrogen and oxygen atoms in total. The van der Waals surface area contributed by atoms with Gasteiger partial charge in [0.25, 0.3) is 5.91 Å². The molecule has 4 atom stereocenters. The number of halogens is 3. The summed E-state index contributed by atoms with van der Waals surface area (Å²) in [6.07, 6.45) is 2.43. The number of likely N-dealkylation sites (tertiary alicyclic amines) is 1. The van der Waals surface area contributed by atoms with E-state index >= 15 is 8.78 Å². The van der Waals surface area contributed by atoms with Gasteiger partial charge in [0.1, 0.15) is 29.0 Å². The summed E-state index contributed by atoms with van der Waals surface area (Å²) in [5, 5.41) is 23.3. The fourth-order valence-corrected chi connectivity index (χ4v) is 7.11. The summed E-state index contributed by atoms with van der Waals surface area (Å²) in [6.45, 7) is 6.07. The normalized spacial score (nSPS) is 25.1. The molecule has 0 radical (unpaired) electrons. The molecule has 46 heavy (non-hydrogen) atoms. The summed E-state index contributed by atoms with van der Waals surface area (Å²) in [6, 6.07) is 8.36. The van der Waals surface area contributed by atoms with Gasteiger partial charge < -0.3 is 20.4 Å². The number of hydrogen-bond donors (Lipinski definition) is 3. The summed E-state index contributed by atoms with van der Waals surface area (Å²) in [4.78, 5) is 26.5. The number of nitrogens with zero attached hydrogens (tertiary/aromatic N) is 4. The lowest BCUT2D eigenvalue weighted by Gasteiger charge is -2.37. The minimum Gasteiger partial charge on any atom is -0.393 e. The van der Waals surface area contributed by atoms with E-state index in [0.29, 0.717) is 75.9 Å². The fourth-order valence-electron chi connectivity index (χ4n) is 7.11. The number of carbonyl (C=O) groups excluding carboxylic acids is 1. The van der Waals surface area contributed by atoms with E-state index in [9.17, 15) is 19.4 Å². The number of aliphatic hydroxyl groups excluding tert-OH is 2. The molecule has 2 aliphatic heterocycles. The highest BCUT2D eigenvalue weighted by molar-refractivity contribution is 5.98. The van der Waals surface area contributed by atoms with Gasteiger partial charge in [-0.1, -0.05) is 19.9 Å². The maximum atomic E-state index is 15.5. The van der Waals surface area contributed by atoms with Crippen LogP contribution in [0.1, 0.15) is 79.2 Å². The van der Waals surface area contributed by atoms with Gasteiger partial charge in [0.2, 0.25) is 0 Å². The number of carbonyl (C=O) groups is 1. The summed E-state index contributed by atoms with van der Waals surface area (Å²) in [5.74, 6) is -0.485.